The van der Waals surface area contributed by atoms with Gasteiger partial charge in [0, 0.05) is 29.9 Å². The lowest BCUT2D eigenvalue weighted by Crippen LogP contribution is -2.36. The number of pyridine rings is 1. The van der Waals surface area contributed by atoms with Gasteiger partial charge in [0.15, 0.2) is 5.82 Å². The third-order valence-electron chi connectivity index (χ3n) is 4.19. The third kappa shape index (κ3) is 3.83. The Morgan fingerprint density at radius 3 is 2.96 bits per heavy atom. The van der Waals surface area contributed by atoms with Crippen LogP contribution in [0.4, 0.5) is 22.1 Å². The van der Waals surface area contributed by atoms with Crippen LogP contribution in [-0.4, -0.2) is 34.1 Å². The quantitative estimate of drug-likeness (QED) is 0.700. The van der Waals surface area contributed by atoms with Gasteiger partial charge in [-0.1, -0.05) is 23.7 Å². The lowest BCUT2D eigenvalue weighted by molar-refractivity contribution is 0.256. The SMILES string of the molecule is O=C(Nc1ccncn1)N1CCCNc2ccc(-c3cccc(Cl)c3)nc21. The Kier molecular flexibility index (Phi) is 4.84. The van der Waals surface area contributed by atoms with E-state index in [1.54, 1.807) is 17.2 Å². The average Bonchev–Trinajstić information content (AvgIpc) is 2.90. The third-order valence-corrected chi connectivity index (χ3v) is 4.42. The molecule has 3 heterocycles. The van der Waals surface area contributed by atoms with Crippen molar-refractivity contribution in [3.05, 3.63) is 60.0 Å². The predicted octanol–water partition coefficient (Wildman–Crippen LogP) is 4.05. The van der Waals surface area contributed by atoms with Crippen molar-refractivity contribution in [3.8, 4) is 11.3 Å². The number of nitrogens with zero attached hydrogens (tertiary/aromatic N) is 4. The summed E-state index contributed by atoms with van der Waals surface area (Å²) in [7, 11) is 0. The number of hydrogen-bond donors (Lipinski definition) is 2. The zero-order valence-corrected chi connectivity index (χ0v) is 15.1. The molecule has 2 aromatic heterocycles. The normalized spacial score (nSPS) is 13.3. The molecular weight excluding hydrogens is 364 g/mol. The number of rotatable bonds is 2. The Morgan fingerprint density at radius 2 is 2.15 bits per heavy atom. The van der Waals surface area contributed by atoms with Crippen molar-refractivity contribution >= 4 is 35.0 Å². The van der Waals surface area contributed by atoms with E-state index in [2.05, 4.69) is 20.6 Å². The molecule has 1 aromatic carbocycles. The summed E-state index contributed by atoms with van der Waals surface area (Å²) in [5, 5.41) is 6.76. The van der Waals surface area contributed by atoms with Crippen molar-refractivity contribution in [2.45, 2.75) is 6.42 Å². The van der Waals surface area contributed by atoms with Crippen LogP contribution in [0.15, 0.2) is 55.0 Å². The number of carbonyl (C=O) groups excluding carboxylic acids is 1. The van der Waals surface area contributed by atoms with E-state index in [1.165, 1.54) is 6.33 Å². The lowest BCUT2D eigenvalue weighted by atomic mass is 10.1. The van der Waals surface area contributed by atoms with E-state index in [1.807, 2.05) is 36.4 Å². The topological polar surface area (TPSA) is 83.0 Å². The van der Waals surface area contributed by atoms with Crippen molar-refractivity contribution in [3.63, 3.8) is 0 Å². The molecule has 0 unspecified atom stereocenters. The molecule has 0 atom stereocenters. The van der Waals surface area contributed by atoms with Crippen molar-refractivity contribution in [2.75, 3.05) is 28.6 Å². The monoisotopic (exact) mass is 380 g/mol. The fourth-order valence-electron chi connectivity index (χ4n) is 2.91. The lowest BCUT2D eigenvalue weighted by Gasteiger charge is -2.22. The molecule has 3 aromatic rings. The van der Waals surface area contributed by atoms with Gasteiger partial charge in [-0.25, -0.2) is 19.7 Å². The second-order valence-electron chi connectivity index (χ2n) is 6.03. The number of amides is 2. The molecule has 7 nitrogen and oxygen atoms in total. The molecular formula is C19H17ClN6O. The van der Waals surface area contributed by atoms with Crippen molar-refractivity contribution in [2.24, 2.45) is 0 Å². The van der Waals surface area contributed by atoms with Crippen LogP contribution in [-0.2, 0) is 0 Å². The van der Waals surface area contributed by atoms with E-state index in [4.69, 9.17) is 16.6 Å². The number of fused-ring (bicyclic) bond motifs is 1. The van der Waals surface area contributed by atoms with Crippen LogP contribution in [0.5, 0.6) is 0 Å². The highest BCUT2D eigenvalue weighted by Gasteiger charge is 2.23. The van der Waals surface area contributed by atoms with Gasteiger partial charge in [-0.15, -0.1) is 0 Å². The summed E-state index contributed by atoms with van der Waals surface area (Å²) in [5.41, 5.74) is 2.46. The fourth-order valence-corrected chi connectivity index (χ4v) is 3.10. The van der Waals surface area contributed by atoms with E-state index >= 15 is 0 Å². The van der Waals surface area contributed by atoms with Gasteiger partial charge in [-0.2, -0.15) is 0 Å². The number of hydrogen-bond acceptors (Lipinski definition) is 5. The van der Waals surface area contributed by atoms with E-state index < -0.39 is 0 Å². The molecule has 0 saturated carbocycles. The van der Waals surface area contributed by atoms with Gasteiger partial charge in [0.1, 0.15) is 12.1 Å². The highest BCUT2D eigenvalue weighted by Crippen LogP contribution is 2.31. The average molecular weight is 381 g/mol. The molecule has 0 radical (unpaired) electrons. The molecule has 1 aliphatic heterocycles. The number of urea groups is 1. The highest BCUT2D eigenvalue weighted by molar-refractivity contribution is 6.30. The summed E-state index contributed by atoms with van der Waals surface area (Å²) >= 11 is 6.11. The Morgan fingerprint density at radius 1 is 1.22 bits per heavy atom. The van der Waals surface area contributed by atoms with E-state index in [9.17, 15) is 4.79 Å². The first-order valence-corrected chi connectivity index (χ1v) is 8.94. The van der Waals surface area contributed by atoms with Gasteiger partial charge in [0.25, 0.3) is 0 Å². The second-order valence-corrected chi connectivity index (χ2v) is 6.47. The first kappa shape index (κ1) is 17.2. The first-order valence-electron chi connectivity index (χ1n) is 8.56. The van der Waals surface area contributed by atoms with Gasteiger partial charge in [-0.05, 0) is 36.8 Å². The van der Waals surface area contributed by atoms with Gasteiger partial charge < -0.3 is 5.32 Å². The Balaban J connectivity index is 1.69. The standard InChI is InChI=1S/C19H17ClN6O/c20-14-4-1-3-13(11-14)15-5-6-16-18(24-15)26(10-2-8-22-16)19(27)25-17-7-9-21-12-23-17/h1,3-7,9,11-12,22H,2,8,10H2,(H,21,23,25,27). The van der Waals surface area contributed by atoms with Crippen LogP contribution in [0.1, 0.15) is 6.42 Å². The predicted molar refractivity (Wildman–Crippen MR) is 106 cm³/mol. The summed E-state index contributed by atoms with van der Waals surface area (Å²) in [6.07, 6.45) is 3.78. The van der Waals surface area contributed by atoms with Crippen molar-refractivity contribution in [1.82, 2.24) is 15.0 Å². The molecule has 0 bridgehead atoms. The number of aromatic nitrogens is 3. The molecule has 0 spiro atoms. The van der Waals surface area contributed by atoms with Crippen LogP contribution in [0.2, 0.25) is 5.02 Å². The molecule has 2 N–H and O–H groups in total. The Hall–Kier alpha value is -3.19. The molecule has 0 aliphatic carbocycles. The highest BCUT2D eigenvalue weighted by atomic mass is 35.5. The van der Waals surface area contributed by atoms with Gasteiger partial charge >= 0.3 is 6.03 Å². The smallest absolute Gasteiger partial charge is 0.328 e. The minimum Gasteiger partial charge on any atom is -0.382 e. The summed E-state index contributed by atoms with van der Waals surface area (Å²) in [5.74, 6) is 1.02. The zero-order chi connectivity index (χ0) is 18.6. The Bertz CT molecular complexity index is 965. The van der Waals surface area contributed by atoms with Gasteiger partial charge in [0.2, 0.25) is 0 Å². The van der Waals surface area contributed by atoms with Gasteiger partial charge in [0.05, 0.1) is 11.4 Å². The number of halogens is 1. The maximum Gasteiger partial charge on any atom is 0.328 e. The summed E-state index contributed by atoms with van der Waals surface area (Å²) in [4.78, 5) is 27.1. The van der Waals surface area contributed by atoms with Crippen molar-refractivity contribution < 1.29 is 4.79 Å². The summed E-state index contributed by atoms with van der Waals surface area (Å²) in [6, 6.07) is 12.7. The minimum absolute atomic E-state index is 0.283. The van der Waals surface area contributed by atoms with E-state index in [-0.39, 0.29) is 6.03 Å². The van der Waals surface area contributed by atoms with Gasteiger partial charge in [-0.3, -0.25) is 10.2 Å². The summed E-state index contributed by atoms with van der Waals surface area (Å²) < 4.78 is 0. The fraction of sp³-hybridized carbons (Fsp3) is 0.158. The molecule has 136 valence electrons. The second kappa shape index (κ2) is 7.59. The molecule has 1 aliphatic rings. The van der Waals surface area contributed by atoms with E-state index in [0.717, 1.165) is 29.9 Å². The van der Waals surface area contributed by atoms with Crippen LogP contribution in [0.3, 0.4) is 0 Å². The maximum absolute atomic E-state index is 12.9. The van der Waals surface area contributed by atoms with Crippen LogP contribution < -0.4 is 15.5 Å². The molecule has 4 rings (SSSR count). The van der Waals surface area contributed by atoms with Crippen molar-refractivity contribution in [1.29, 1.82) is 0 Å². The minimum atomic E-state index is -0.283. The summed E-state index contributed by atoms with van der Waals surface area (Å²) in [6.45, 7) is 1.31. The van der Waals surface area contributed by atoms with Crippen LogP contribution in [0, 0.1) is 0 Å². The largest absolute Gasteiger partial charge is 0.382 e. The van der Waals surface area contributed by atoms with Crippen LogP contribution in [0.25, 0.3) is 11.3 Å². The number of benzene rings is 1. The maximum atomic E-state index is 12.9. The number of carbonyl (C=O) groups is 1. The first-order chi connectivity index (χ1) is 13.2. The molecule has 8 heteroatoms. The molecule has 27 heavy (non-hydrogen) atoms. The Labute approximate surface area is 161 Å². The molecule has 2 amide bonds. The molecule has 0 saturated heterocycles. The number of nitrogens with one attached hydrogen (secondary N) is 2. The molecule has 0 fully saturated rings. The van der Waals surface area contributed by atoms with E-state index in [0.29, 0.717) is 23.2 Å². The van der Waals surface area contributed by atoms with Crippen LogP contribution >= 0.6 is 11.6 Å². The number of anilines is 3. The zero-order valence-electron chi connectivity index (χ0n) is 14.4.